The van der Waals surface area contributed by atoms with E-state index >= 15 is 0 Å². The molecule has 0 bridgehead atoms. The number of non-ortho nitro benzene ring substituents is 1. The van der Waals surface area contributed by atoms with Crippen LogP contribution in [0.2, 0.25) is 0 Å². The second-order valence-corrected chi connectivity index (χ2v) is 4.00. The number of nitro groups is 3. The van der Waals surface area contributed by atoms with E-state index in [0.29, 0.717) is 5.56 Å². The van der Waals surface area contributed by atoms with Crippen LogP contribution in [0, 0.1) is 30.3 Å². The minimum Gasteiger partial charge on any atom is -0.265 e. The molecule has 9 heteroatoms. The maximum Gasteiger partial charge on any atom is 0.269 e. The van der Waals surface area contributed by atoms with Gasteiger partial charge in [0.15, 0.2) is 0 Å². The maximum absolute atomic E-state index is 10.7. The lowest BCUT2D eigenvalue weighted by Crippen LogP contribution is -2.29. The van der Waals surface area contributed by atoms with E-state index in [9.17, 15) is 30.3 Å². The third kappa shape index (κ3) is 3.69. The zero-order valence-corrected chi connectivity index (χ0v) is 9.96. The van der Waals surface area contributed by atoms with Crippen LogP contribution in [0.5, 0.6) is 0 Å². The highest BCUT2D eigenvalue weighted by atomic mass is 16.6. The van der Waals surface area contributed by atoms with Crippen LogP contribution in [-0.4, -0.2) is 27.4 Å². The fourth-order valence-electron chi connectivity index (χ4n) is 1.69. The standard InChI is InChI=1S/C10H11N3O6/c1-7(12(16)17)10(6-11(14)15)8-2-4-9(5-3-8)13(18)19/h2-5,7,10H,6H2,1H3/t7-,10+/m1/s1. The molecule has 0 aliphatic carbocycles. The van der Waals surface area contributed by atoms with Crippen molar-refractivity contribution in [1.29, 1.82) is 0 Å². The van der Waals surface area contributed by atoms with E-state index < -0.39 is 33.3 Å². The van der Waals surface area contributed by atoms with Crippen LogP contribution in [0.1, 0.15) is 18.4 Å². The molecule has 2 atom stereocenters. The van der Waals surface area contributed by atoms with Crippen molar-refractivity contribution in [1.82, 2.24) is 0 Å². The summed E-state index contributed by atoms with van der Waals surface area (Å²) in [4.78, 5) is 30.0. The van der Waals surface area contributed by atoms with Gasteiger partial charge in [-0.15, -0.1) is 0 Å². The molecule has 1 aromatic carbocycles. The number of benzene rings is 1. The fraction of sp³-hybridized carbons (Fsp3) is 0.400. The van der Waals surface area contributed by atoms with Crippen LogP contribution in [0.15, 0.2) is 24.3 Å². The van der Waals surface area contributed by atoms with Gasteiger partial charge >= 0.3 is 0 Å². The summed E-state index contributed by atoms with van der Waals surface area (Å²) in [7, 11) is 0. The lowest BCUT2D eigenvalue weighted by atomic mass is 9.92. The van der Waals surface area contributed by atoms with Gasteiger partial charge in [-0.1, -0.05) is 12.1 Å². The van der Waals surface area contributed by atoms with Crippen molar-refractivity contribution >= 4 is 5.69 Å². The fourth-order valence-corrected chi connectivity index (χ4v) is 1.69. The molecule has 9 nitrogen and oxygen atoms in total. The molecule has 0 unspecified atom stereocenters. The summed E-state index contributed by atoms with van der Waals surface area (Å²) in [5, 5.41) is 31.8. The smallest absolute Gasteiger partial charge is 0.265 e. The Labute approximate surface area is 107 Å². The molecule has 0 aromatic heterocycles. The van der Waals surface area contributed by atoms with Gasteiger partial charge in [0.1, 0.15) is 5.92 Å². The number of nitrogens with zero attached hydrogens (tertiary/aromatic N) is 3. The van der Waals surface area contributed by atoms with E-state index in [1.807, 2.05) is 0 Å². The van der Waals surface area contributed by atoms with Crippen LogP contribution in [-0.2, 0) is 0 Å². The van der Waals surface area contributed by atoms with E-state index in [2.05, 4.69) is 0 Å². The third-order valence-corrected chi connectivity index (χ3v) is 2.79. The van der Waals surface area contributed by atoms with Crippen LogP contribution < -0.4 is 0 Å². The molecular weight excluding hydrogens is 258 g/mol. The monoisotopic (exact) mass is 269 g/mol. The Kier molecular flexibility index (Phi) is 4.46. The molecule has 0 radical (unpaired) electrons. The van der Waals surface area contributed by atoms with Crippen LogP contribution >= 0.6 is 0 Å². The molecule has 19 heavy (non-hydrogen) atoms. The Bertz CT molecular complexity index is 500. The molecule has 102 valence electrons. The first-order chi connectivity index (χ1) is 8.82. The quantitative estimate of drug-likeness (QED) is 0.569. The van der Waals surface area contributed by atoms with Gasteiger partial charge in [-0.2, -0.15) is 0 Å². The SMILES string of the molecule is C[C@H]([C@H](C[N+](=O)[O-])c1ccc([N+](=O)[O-])cc1)[N+](=O)[O-]. The highest BCUT2D eigenvalue weighted by molar-refractivity contribution is 5.34. The molecule has 0 N–H and O–H groups in total. The molecule has 0 saturated carbocycles. The molecule has 0 spiro atoms. The van der Waals surface area contributed by atoms with E-state index in [1.54, 1.807) is 0 Å². The topological polar surface area (TPSA) is 129 Å². The van der Waals surface area contributed by atoms with Crippen molar-refractivity contribution in [2.45, 2.75) is 18.9 Å². The van der Waals surface area contributed by atoms with Gasteiger partial charge in [-0.05, 0) is 5.56 Å². The lowest BCUT2D eigenvalue weighted by Gasteiger charge is -2.14. The van der Waals surface area contributed by atoms with Crippen molar-refractivity contribution in [3.8, 4) is 0 Å². The number of rotatable bonds is 6. The minimum absolute atomic E-state index is 0.169. The summed E-state index contributed by atoms with van der Waals surface area (Å²) < 4.78 is 0. The highest BCUT2D eigenvalue weighted by Gasteiger charge is 2.32. The van der Waals surface area contributed by atoms with E-state index in [-0.39, 0.29) is 5.69 Å². The first-order valence-corrected chi connectivity index (χ1v) is 5.32. The van der Waals surface area contributed by atoms with E-state index in [0.717, 1.165) is 0 Å². The second kappa shape index (κ2) is 5.85. The Hall–Kier alpha value is -2.58. The summed E-state index contributed by atoms with van der Waals surface area (Å²) in [6, 6.07) is 3.83. The number of hydrogen-bond acceptors (Lipinski definition) is 6. The normalized spacial score (nSPS) is 13.5. The van der Waals surface area contributed by atoms with Crippen molar-refractivity contribution < 1.29 is 14.8 Å². The average molecular weight is 269 g/mol. The zero-order valence-electron chi connectivity index (χ0n) is 9.96. The Morgan fingerprint density at radius 1 is 1.05 bits per heavy atom. The predicted octanol–water partition coefficient (Wildman–Crippen LogP) is 1.62. The Morgan fingerprint density at radius 3 is 1.95 bits per heavy atom. The molecule has 0 heterocycles. The summed E-state index contributed by atoms with van der Waals surface area (Å²) in [5.41, 5.74) is 0.170. The van der Waals surface area contributed by atoms with Gasteiger partial charge < -0.3 is 0 Å². The van der Waals surface area contributed by atoms with Crippen molar-refractivity contribution in [2.24, 2.45) is 0 Å². The van der Waals surface area contributed by atoms with Crippen LogP contribution in [0.3, 0.4) is 0 Å². The molecule has 0 saturated heterocycles. The lowest BCUT2D eigenvalue weighted by molar-refractivity contribution is -0.543. The van der Waals surface area contributed by atoms with Crippen LogP contribution in [0.25, 0.3) is 0 Å². The van der Waals surface area contributed by atoms with Crippen molar-refractivity contribution in [2.75, 3.05) is 6.54 Å². The van der Waals surface area contributed by atoms with Gasteiger partial charge in [-0.3, -0.25) is 30.3 Å². The first kappa shape index (κ1) is 14.5. The van der Waals surface area contributed by atoms with E-state index in [4.69, 9.17) is 0 Å². The Morgan fingerprint density at radius 2 is 1.58 bits per heavy atom. The van der Waals surface area contributed by atoms with Gasteiger partial charge in [0.05, 0.1) is 4.92 Å². The number of nitro benzene ring substituents is 1. The molecule has 0 aliphatic rings. The van der Waals surface area contributed by atoms with Gasteiger partial charge in [0.2, 0.25) is 12.6 Å². The second-order valence-electron chi connectivity index (χ2n) is 4.00. The predicted molar refractivity (Wildman–Crippen MR) is 64.2 cm³/mol. The summed E-state index contributed by atoms with van der Waals surface area (Å²) >= 11 is 0. The van der Waals surface area contributed by atoms with Crippen molar-refractivity contribution in [3.63, 3.8) is 0 Å². The summed E-state index contributed by atoms with van der Waals surface area (Å²) in [6.07, 6.45) is 0. The average Bonchev–Trinajstić information content (AvgIpc) is 2.35. The molecule has 1 aromatic rings. The number of hydrogen-bond donors (Lipinski definition) is 0. The Balaban J connectivity index is 3.06. The van der Waals surface area contributed by atoms with Crippen LogP contribution in [0.4, 0.5) is 5.69 Å². The molecule has 0 aliphatic heterocycles. The van der Waals surface area contributed by atoms with Gasteiger partial charge in [-0.25, -0.2) is 0 Å². The van der Waals surface area contributed by atoms with Gasteiger partial charge in [0.25, 0.3) is 5.69 Å². The highest BCUT2D eigenvalue weighted by Crippen LogP contribution is 2.24. The molecule has 1 rings (SSSR count). The van der Waals surface area contributed by atoms with Crippen molar-refractivity contribution in [3.05, 3.63) is 60.2 Å². The maximum atomic E-state index is 10.7. The molecule has 0 amide bonds. The largest absolute Gasteiger partial charge is 0.269 e. The first-order valence-electron chi connectivity index (χ1n) is 5.32. The minimum atomic E-state index is -1.15. The zero-order chi connectivity index (χ0) is 14.6. The van der Waals surface area contributed by atoms with E-state index in [1.165, 1.54) is 31.2 Å². The third-order valence-electron chi connectivity index (χ3n) is 2.79. The van der Waals surface area contributed by atoms with Gasteiger partial charge in [0, 0.05) is 28.9 Å². The molecule has 0 fully saturated rings. The summed E-state index contributed by atoms with van der Waals surface area (Å²) in [5.74, 6) is -0.925. The summed E-state index contributed by atoms with van der Waals surface area (Å²) in [6.45, 7) is 0.676. The molecular formula is C10H11N3O6.